The minimum atomic E-state index is 0.453. The number of fused-ring (bicyclic) bond motifs is 2. The summed E-state index contributed by atoms with van der Waals surface area (Å²) < 4.78 is 33.7. The Hall–Kier alpha value is -1.86. The highest BCUT2D eigenvalue weighted by atomic mass is 16.6. The molecule has 0 saturated carbocycles. The maximum Gasteiger partial charge on any atom is 0.161 e. The van der Waals surface area contributed by atoms with Crippen molar-refractivity contribution in [2.75, 3.05) is 66.1 Å². The van der Waals surface area contributed by atoms with Crippen molar-refractivity contribution in [3.63, 3.8) is 0 Å². The topological polar surface area (TPSA) is 55.4 Å². The Balaban J connectivity index is 1.64. The van der Waals surface area contributed by atoms with Gasteiger partial charge in [0.25, 0.3) is 0 Å². The van der Waals surface area contributed by atoms with Gasteiger partial charge in [-0.1, -0.05) is 24.3 Å². The molecule has 0 radical (unpaired) electrons. The van der Waals surface area contributed by atoms with Gasteiger partial charge in [0.1, 0.15) is 13.2 Å². The molecule has 0 amide bonds. The van der Waals surface area contributed by atoms with Crippen LogP contribution in [0.5, 0.6) is 11.5 Å². The largest absolute Gasteiger partial charge is 0.487 e. The van der Waals surface area contributed by atoms with Gasteiger partial charge in [0.05, 0.1) is 52.9 Å². The lowest BCUT2D eigenvalue weighted by atomic mass is 10.1. The van der Waals surface area contributed by atoms with E-state index in [0.29, 0.717) is 77.6 Å². The molecule has 0 fully saturated rings. The molecular formula is C20H26O6. The Morgan fingerprint density at radius 3 is 1.19 bits per heavy atom. The zero-order valence-corrected chi connectivity index (χ0v) is 15.0. The molecule has 26 heavy (non-hydrogen) atoms. The van der Waals surface area contributed by atoms with E-state index in [2.05, 4.69) is 12.1 Å². The van der Waals surface area contributed by atoms with Gasteiger partial charge in [-0.3, -0.25) is 0 Å². The first kappa shape index (κ1) is 18.9. The van der Waals surface area contributed by atoms with Crippen molar-refractivity contribution in [1.29, 1.82) is 0 Å². The van der Waals surface area contributed by atoms with Gasteiger partial charge in [-0.15, -0.1) is 0 Å². The van der Waals surface area contributed by atoms with Gasteiger partial charge in [0, 0.05) is 0 Å². The zero-order chi connectivity index (χ0) is 17.9. The van der Waals surface area contributed by atoms with Crippen LogP contribution in [0.1, 0.15) is 0 Å². The van der Waals surface area contributed by atoms with Crippen molar-refractivity contribution in [3.8, 4) is 11.5 Å². The molecule has 6 heteroatoms. The molecule has 142 valence electrons. The Labute approximate surface area is 153 Å². The van der Waals surface area contributed by atoms with E-state index >= 15 is 0 Å². The first-order valence-electron chi connectivity index (χ1n) is 9.03. The van der Waals surface area contributed by atoms with Gasteiger partial charge < -0.3 is 28.4 Å². The third-order valence-corrected chi connectivity index (χ3v) is 3.90. The summed E-state index contributed by atoms with van der Waals surface area (Å²) in [5, 5.41) is 2.22. The number of hydrogen-bond acceptors (Lipinski definition) is 6. The maximum absolute atomic E-state index is 5.89. The molecule has 3 rings (SSSR count). The summed E-state index contributed by atoms with van der Waals surface area (Å²) >= 11 is 0. The van der Waals surface area contributed by atoms with Crippen molar-refractivity contribution < 1.29 is 28.4 Å². The third kappa shape index (κ3) is 6.14. The van der Waals surface area contributed by atoms with Crippen molar-refractivity contribution in [3.05, 3.63) is 36.4 Å². The molecule has 0 spiro atoms. The van der Waals surface area contributed by atoms with Gasteiger partial charge in [-0.25, -0.2) is 0 Å². The van der Waals surface area contributed by atoms with Gasteiger partial charge in [-0.2, -0.15) is 0 Å². The fraction of sp³-hybridized carbons (Fsp3) is 0.500. The quantitative estimate of drug-likeness (QED) is 0.718. The lowest BCUT2D eigenvalue weighted by Crippen LogP contribution is -2.16. The molecule has 1 aliphatic rings. The van der Waals surface area contributed by atoms with Gasteiger partial charge in [0.15, 0.2) is 11.5 Å². The minimum absolute atomic E-state index is 0.453. The zero-order valence-electron chi connectivity index (χ0n) is 15.0. The molecule has 0 bridgehead atoms. The van der Waals surface area contributed by atoms with E-state index in [1.54, 1.807) is 0 Å². The molecule has 0 unspecified atom stereocenters. The van der Waals surface area contributed by atoms with E-state index < -0.39 is 0 Å². The minimum Gasteiger partial charge on any atom is -0.487 e. The lowest BCUT2D eigenvalue weighted by Gasteiger charge is -2.15. The fourth-order valence-corrected chi connectivity index (χ4v) is 2.61. The Morgan fingerprint density at radius 2 is 0.808 bits per heavy atom. The average molecular weight is 362 g/mol. The highest BCUT2D eigenvalue weighted by Gasteiger charge is 2.08. The number of rotatable bonds is 0. The normalized spacial score (nSPS) is 18.8. The van der Waals surface area contributed by atoms with Gasteiger partial charge in [-0.05, 0) is 22.9 Å². The van der Waals surface area contributed by atoms with Crippen LogP contribution in [0, 0.1) is 0 Å². The van der Waals surface area contributed by atoms with Crippen LogP contribution in [0.4, 0.5) is 0 Å². The molecule has 0 N–H and O–H groups in total. The van der Waals surface area contributed by atoms with E-state index in [1.807, 2.05) is 24.3 Å². The molecule has 1 aliphatic heterocycles. The average Bonchev–Trinajstić information content (AvgIpc) is 2.67. The maximum atomic E-state index is 5.89. The van der Waals surface area contributed by atoms with Crippen LogP contribution in [0.3, 0.4) is 0 Å². The number of benzene rings is 2. The molecule has 0 atom stereocenters. The van der Waals surface area contributed by atoms with Crippen LogP contribution in [0.2, 0.25) is 0 Å². The van der Waals surface area contributed by atoms with E-state index in [9.17, 15) is 0 Å². The van der Waals surface area contributed by atoms with Crippen LogP contribution < -0.4 is 9.47 Å². The molecule has 0 saturated heterocycles. The summed E-state index contributed by atoms with van der Waals surface area (Å²) in [5.41, 5.74) is 0. The number of ether oxygens (including phenoxy) is 6. The second kappa shape index (κ2) is 11.0. The number of hydrogen-bond donors (Lipinski definition) is 0. The fourth-order valence-electron chi connectivity index (χ4n) is 2.61. The molecule has 0 aromatic heterocycles. The summed E-state index contributed by atoms with van der Waals surface area (Å²) in [6, 6.07) is 12.1. The van der Waals surface area contributed by atoms with E-state index in [0.717, 1.165) is 10.8 Å². The molecule has 2 aromatic rings. The van der Waals surface area contributed by atoms with Crippen LogP contribution in [-0.2, 0) is 18.9 Å². The van der Waals surface area contributed by atoms with Crippen LogP contribution in [0.15, 0.2) is 36.4 Å². The molecule has 1 heterocycles. The molecule has 6 nitrogen and oxygen atoms in total. The standard InChI is InChI=1S/C20H26O6/c1-2-4-18-16-20-19(15-17(18)3-1)25-13-11-23-9-7-21-5-6-22-8-10-24-12-14-26-20/h1-4,15-16H,5-14H2. The first-order valence-corrected chi connectivity index (χ1v) is 9.03. The van der Waals surface area contributed by atoms with Gasteiger partial charge >= 0.3 is 0 Å². The lowest BCUT2D eigenvalue weighted by molar-refractivity contribution is -0.00840. The predicted molar refractivity (Wildman–Crippen MR) is 98.2 cm³/mol. The Bertz CT molecular complexity index is 603. The predicted octanol–water partition coefficient (Wildman–Crippen LogP) is 2.68. The van der Waals surface area contributed by atoms with Crippen LogP contribution >= 0.6 is 0 Å². The molecule has 0 aliphatic carbocycles. The molecule has 2 aromatic carbocycles. The van der Waals surface area contributed by atoms with Crippen molar-refractivity contribution in [2.45, 2.75) is 0 Å². The van der Waals surface area contributed by atoms with E-state index in [4.69, 9.17) is 28.4 Å². The van der Waals surface area contributed by atoms with Crippen LogP contribution in [-0.4, -0.2) is 66.1 Å². The van der Waals surface area contributed by atoms with Crippen LogP contribution in [0.25, 0.3) is 10.8 Å². The highest BCUT2D eigenvalue weighted by Crippen LogP contribution is 2.32. The van der Waals surface area contributed by atoms with Crippen molar-refractivity contribution in [1.82, 2.24) is 0 Å². The second-order valence-electron chi connectivity index (χ2n) is 5.79. The van der Waals surface area contributed by atoms with Gasteiger partial charge in [0.2, 0.25) is 0 Å². The monoisotopic (exact) mass is 362 g/mol. The summed E-state index contributed by atoms with van der Waals surface area (Å²) in [5.74, 6) is 1.43. The highest BCUT2D eigenvalue weighted by molar-refractivity contribution is 5.86. The summed E-state index contributed by atoms with van der Waals surface area (Å²) in [6.07, 6.45) is 0. The van der Waals surface area contributed by atoms with Crippen molar-refractivity contribution in [2.24, 2.45) is 0 Å². The summed E-state index contributed by atoms with van der Waals surface area (Å²) in [6.45, 7) is 5.18. The molecular weight excluding hydrogens is 336 g/mol. The first-order chi connectivity index (χ1) is 12.9. The Morgan fingerprint density at radius 1 is 0.462 bits per heavy atom. The summed E-state index contributed by atoms with van der Waals surface area (Å²) in [7, 11) is 0. The summed E-state index contributed by atoms with van der Waals surface area (Å²) in [4.78, 5) is 0. The third-order valence-electron chi connectivity index (χ3n) is 3.90. The second-order valence-corrected chi connectivity index (χ2v) is 5.79. The van der Waals surface area contributed by atoms with E-state index in [-0.39, 0.29) is 0 Å². The van der Waals surface area contributed by atoms with Crippen molar-refractivity contribution >= 4 is 10.8 Å². The Kier molecular flexibility index (Phi) is 7.99. The van der Waals surface area contributed by atoms with E-state index in [1.165, 1.54) is 0 Å². The smallest absolute Gasteiger partial charge is 0.161 e. The SMILES string of the molecule is c1ccc2cc3c(cc2c1)OCCOCCOCCOCCOCCO3.